The number of rotatable bonds is 3. The molecule has 1 heterocycles. The Morgan fingerprint density at radius 3 is 2.82 bits per heavy atom. The maximum Gasteiger partial charge on any atom is 0.219 e. The van der Waals surface area contributed by atoms with Crippen LogP contribution < -0.4 is 10.5 Å². The molecule has 1 aromatic heterocycles. The molecule has 0 aliphatic rings. The van der Waals surface area contributed by atoms with Crippen molar-refractivity contribution < 1.29 is 9.13 Å². The van der Waals surface area contributed by atoms with Gasteiger partial charge in [-0.1, -0.05) is 6.07 Å². The summed E-state index contributed by atoms with van der Waals surface area (Å²) < 4.78 is 18.8. The number of pyridine rings is 1. The van der Waals surface area contributed by atoms with Crippen molar-refractivity contribution in [2.45, 2.75) is 13.5 Å². The molecule has 2 aromatic rings. The van der Waals surface area contributed by atoms with E-state index in [0.29, 0.717) is 23.7 Å². The van der Waals surface area contributed by atoms with Gasteiger partial charge in [0.2, 0.25) is 5.88 Å². The Hall–Kier alpha value is -1.94. The predicted molar refractivity (Wildman–Crippen MR) is 63.3 cm³/mol. The number of ether oxygens (including phenoxy) is 1. The van der Waals surface area contributed by atoms with Crippen LogP contribution in [0.1, 0.15) is 11.1 Å². The molecule has 3 nitrogen and oxygen atoms in total. The lowest BCUT2D eigenvalue weighted by Gasteiger charge is -2.06. The summed E-state index contributed by atoms with van der Waals surface area (Å²) in [4.78, 5) is 4.03. The van der Waals surface area contributed by atoms with Crippen molar-refractivity contribution >= 4 is 0 Å². The highest BCUT2D eigenvalue weighted by atomic mass is 19.1. The molecule has 0 unspecified atom stereocenters. The Bertz CT molecular complexity index is 529. The molecule has 88 valence electrons. The lowest BCUT2D eigenvalue weighted by molar-refractivity contribution is 0.457. The van der Waals surface area contributed by atoms with Gasteiger partial charge in [-0.15, -0.1) is 0 Å². The maximum atomic E-state index is 13.3. The molecule has 0 radical (unpaired) electrons. The van der Waals surface area contributed by atoms with Gasteiger partial charge < -0.3 is 10.5 Å². The average molecular weight is 232 g/mol. The van der Waals surface area contributed by atoms with Crippen LogP contribution in [0.4, 0.5) is 4.39 Å². The minimum Gasteiger partial charge on any atom is -0.439 e. The van der Waals surface area contributed by atoms with E-state index >= 15 is 0 Å². The van der Waals surface area contributed by atoms with E-state index in [2.05, 4.69) is 4.98 Å². The van der Waals surface area contributed by atoms with Crippen molar-refractivity contribution in [3.63, 3.8) is 0 Å². The highest BCUT2D eigenvalue weighted by Crippen LogP contribution is 2.22. The van der Waals surface area contributed by atoms with Crippen LogP contribution in [0, 0.1) is 12.7 Å². The Kier molecular flexibility index (Phi) is 3.35. The van der Waals surface area contributed by atoms with Gasteiger partial charge in [-0.05, 0) is 30.2 Å². The van der Waals surface area contributed by atoms with Crippen LogP contribution in [0.3, 0.4) is 0 Å². The fourth-order valence-corrected chi connectivity index (χ4v) is 1.39. The van der Waals surface area contributed by atoms with Crippen LogP contribution in [-0.2, 0) is 6.54 Å². The Labute approximate surface area is 99.1 Å². The summed E-state index contributed by atoms with van der Waals surface area (Å²) in [5.74, 6) is 0.545. The first-order valence-corrected chi connectivity index (χ1v) is 5.28. The first-order valence-electron chi connectivity index (χ1n) is 5.28. The summed E-state index contributed by atoms with van der Waals surface area (Å²) in [6.07, 6.45) is 1.61. The molecule has 0 aliphatic heterocycles. The quantitative estimate of drug-likeness (QED) is 0.885. The number of hydrogen-bond acceptors (Lipinski definition) is 3. The number of aryl methyl sites for hydroxylation is 1. The van der Waals surface area contributed by atoms with Crippen LogP contribution in [0.15, 0.2) is 36.5 Å². The zero-order valence-electron chi connectivity index (χ0n) is 9.48. The van der Waals surface area contributed by atoms with Gasteiger partial charge in [-0.2, -0.15) is 0 Å². The molecule has 0 aliphatic carbocycles. The standard InChI is InChI=1S/C13H13FN2O/c1-9-2-3-11(7-12(9)14)17-13-6-10(8-15)4-5-16-13/h2-7H,8,15H2,1H3. The molecule has 0 atom stereocenters. The summed E-state index contributed by atoms with van der Waals surface area (Å²) in [6.45, 7) is 2.12. The van der Waals surface area contributed by atoms with Crippen molar-refractivity contribution in [2.24, 2.45) is 5.73 Å². The van der Waals surface area contributed by atoms with Gasteiger partial charge in [-0.25, -0.2) is 9.37 Å². The number of nitrogens with two attached hydrogens (primary N) is 1. The highest BCUT2D eigenvalue weighted by Gasteiger charge is 2.03. The van der Waals surface area contributed by atoms with E-state index in [1.54, 1.807) is 31.3 Å². The molecule has 1 aromatic carbocycles. The van der Waals surface area contributed by atoms with Crippen molar-refractivity contribution in [2.75, 3.05) is 0 Å². The second kappa shape index (κ2) is 4.93. The van der Waals surface area contributed by atoms with E-state index in [1.807, 2.05) is 6.07 Å². The zero-order chi connectivity index (χ0) is 12.3. The van der Waals surface area contributed by atoms with Crippen molar-refractivity contribution in [3.05, 3.63) is 53.5 Å². The van der Waals surface area contributed by atoms with Crippen LogP contribution >= 0.6 is 0 Å². The van der Waals surface area contributed by atoms with E-state index in [9.17, 15) is 4.39 Å². The number of nitrogens with zero attached hydrogens (tertiary/aromatic N) is 1. The van der Waals surface area contributed by atoms with E-state index in [-0.39, 0.29) is 5.82 Å². The molecule has 4 heteroatoms. The third kappa shape index (κ3) is 2.79. The average Bonchev–Trinajstić information content (AvgIpc) is 2.34. The molecule has 2 rings (SSSR count). The Balaban J connectivity index is 2.22. The van der Waals surface area contributed by atoms with Gasteiger partial charge in [0, 0.05) is 24.9 Å². The fourth-order valence-electron chi connectivity index (χ4n) is 1.39. The van der Waals surface area contributed by atoms with Crippen molar-refractivity contribution in [3.8, 4) is 11.6 Å². The fraction of sp³-hybridized carbons (Fsp3) is 0.154. The lowest BCUT2D eigenvalue weighted by Crippen LogP contribution is -1.97. The summed E-state index contributed by atoms with van der Waals surface area (Å²) in [5, 5.41) is 0. The van der Waals surface area contributed by atoms with Gasteiger partial charge in [0.1, 0.15) is 11.6 Å². The first-order chi connectivity index (χ1) is 8.19. The second-order valence-corrected chi connectivity index (χ2v) is 3.72. The number of benzene rings is 1. The van der Waals surface area contributed by atoms with Gasteiger partial charge in [0.15, 0.2) is 0 Å². The minimum atomic E-state index is -0.294. The molecule has 2 N–H and O–H groups in total. The van der Waals surface area contributed by atoms with Gasteiger partial charge in [0.05, 0.1) is 0 Å². The smallest absolute Gasteiger partial charge is 0.219 e. The normalized spacial score (nSPS) is 10.3. The predicted octanol–water partition coefficient (Wildman–Crippen LogP) is 2.78. The summed E-state index contributed by atoms with van der Waals surface area (Å²) >= 11 is 0. The molecule has 17 heavy (non-hydrogen) atoms. The van der Waals surface area contributed by atoms with Crippen LogP contribution in [-0.4, -0.2) is 4.98 Å². The monoisotopic (exact) mass is 232 g/mol. The molecule has 0 amide bonds. The van der Waals surface area contributed by atoms with E-state index < -0.39 is 0 Å². The molecule has 0 bridgehead atoms. The summed E-state index contributed by atoms with van der Waals surface area (Å²) in [7, 11) is 0. The van der Waals surface area contributed by atoms with E-state index in [0.717, 1.165) is 5.56 Å². The third-order valence-electron chi connectivity index (χ3n) is 2.40. The molecular formula is C13H13FN2O. The molecule has 0 saturated heterocycles. The number of halogens is 1. The van der Waals surface area contributed by atoms with Crippen LogP contribution in [0.5, 0.6) is 11.6 Å². The molecule has 0 fully saturated rings. The van der Waals surface area contributed by atoms with Crippen LogP contribution in [0.2, 0.25) is 0 Å². The molecule has 0 saturated carbocycles. The Morgan fingerprint density at radius 1 is 1.29 bits per heavy atom. The zero-order valence-corrected chi connectivity index (χ0v) is 9.48. The lowest BCUT2D eigenvalue weighted by atomic mass is 10.2. The van der Waals surface area contributed by atoms with Crippen molar-refractivity contribution in [1.82, 2.24) is 4.98 Å². The number of hydrogen-bond donors (Lipinski definition) is 1. The largest absolute Gasteiger partial charge is 0.439 e. The van der Waals surface area contributed by atoms with Crippen LogP contribution in [0.25, 0.3) is 0 Å². The third-order valence-corrected chi connectivity index (χ3v) is 2.40. The molecular weight excluding hydrogens is 219 g/mol. The first kappa shape index (κ1) is 11.5. The van der Waals surface area contributed by atoms with E-state index in [1.165, 1.54) is 6.07 Å². The summed E-state index contributed by atoms with van der Waals surface area (Å²) in [5.41, 5.74) is 7.02. The summed E-state index contributed by atoms with van der Waals surface area (Å²) in [6, 6.07) is 8.25. The van der Waals surface area contributed by atoms with E-state index in [4.69, 9.17) is 10.5 Å². The highest BCUT2D eigenvalue weighted by molar-refractivity contribution is 5.32. The second-order valence-electron chi connectivity index (χ2n) is 3.72. The van der Waals surface area contributed by atoms with Crippen molar-refractivity contribution in [1.29, 1.82) is 0 Å². The molecule has 0 spiro atoms. The minimum absolute atomic E-state index is 0.294. The van der Waals surface area contributed by atoms with Gasteiger partial charge in [-0.3, -0.25) is 0 Å². The maximum absolute atomic E-state index is 13.3. The SMILES string of the molecule is Cc1ccc(Oc2cc(CN)ccn2)cc1F. The topological polar surface area (TPSA) is 48.1 Å². The van der Waals surface area contributed by atoms with Gasteiger partial charge in [0.25, 0.3) is 0 Å². The number of aromatic nitrogens is 1. The Morgan fingerprint density at radius 2 is 2.12 bits per heavy atom. The van der Waals surface area contributed by atoms with Gasteiger partial charge >= 0.3 is 0 Å².